The van der Waals surface area contributed by atoms with Crippen molar-refractivity contribution in [3.8, 4) is 0 Å². The molecule has 0 radical (unpaired) electrons. The van der Waals surface area contributed by atoms with Crippen molar-refractivity contribution in [2.45, 2.75) is 53.0 Å². The van der Waals surface area contributed by atoms with Crippen molar-refractivity contribution in [1.82, 2.24) is 10.3 Å². The largest absolute Gasteiger partial charge is 0.348 e. The lowest BCUT2D eigenvalue weighted by Gasteiger charge is -2.16. The second-order valence-corrected chi connectivity index (χ2v) is 6.84. The van der Waals surface area contributed by atoms with Gasteiger partial charge in [-0.15, -0.1) is 0 Å². The van der Waals surface area contributed by atoms with E-state index in [0.717, 1.165) is 23.2 Å². The molecule has 0 fully saturated rings. The smallest absolute Gasteiger partial charge is 0.274 e. The number of carbonyl (C=O) groups is 2. The van der Waals surface area contributed by atoms with Crippen molar-refractivity contribution < 1.29 is 9.59 Å². The Bertz CT molecular complexity index is 800. The highest BCUT2D eigenvalue weighted by Gasteiger charge is 2.16. The van der Waals surface area contributed by atoms with Gasteiger partial charge in [-0.2, -0.15) is 0 Å². The van der Waals surface area contributed by atoms with Gasteiger partial charge in [0, 0.05) is 11.7 Å². The fourth-order valence-electron chi connectivity index (χ4n) is 2.61. The molecule has 1 aromatic heterocycles. The molecule has 1 heterocycles. The average molecular weight is 353 g/mol. The number of anilines is 1. The van der Waals surface area contributed by atoms with E-state index in [-0.39, 0.29) is 35.2 Å². The molecule has 0 aliphatic rings. The summed E-state index contributed by atoms with van der Waals surface area (Å²) < 4.78 is 0. The molecule has 2 N–H and O–H groups in total. The first-order valence-corrected chi connectivity index (χ1v) is 9.02. The van der Waals surface area contributed by atoms with Crippen LogP contribution in [-0.2, 0) is 0 Å². The Morgan fingerprint density at radius 3 is 2.23 bits per heavy atom. The van der Waals surface area contributed by atoms with Gasteiger partial charge in [0.05, 0.1) is 0 Å². The van der Waals surface area contributed by atoms with Gasteiger partial charge in [0.15, 0.2) is 0 Å². The number of hydrogen-bond acceptors (Lipinski definition) is 3. The Morgan fingerprint density at radius 2 is 1.62 bits per heavy atom. The van der Waals surface area contributed by atoms with Crippen molar-refractivity contribution in [2.24, 2.45) is 0 Å². The monoisotopic (exact) mass is 353 g/mol. The first-order chi connectivity index (χ1) is 12.3. The van der Waals surface area contributed by atoms with E-state index in [2.05, 4.69) is 29.5 Å². The van der Waals surface area contributed by atoms with Gasteiger partial charge in [0.1, 0.15) is 11.4 Å². The number of para-hydroxylation sites is 1. The van der Waals surface area contributed by atoms with Gasteiger partial charge in [0.2, 0.25) is 0 Å². The van der Waals surface area contributed by atoms with E-state index in [1.807, 2.05) is 39.0 Å². The number of nitrogens with one attached hydrogen (secondary N) is 2. The third-order valence-electron chi connectivity index (χ3n) is 4.37. The van der Waals surface area contributed by atoms with Crippen molar-refractivity contribution in [2.75, 3.05) is 5.32 Å². The molecule has 0 bridgehead atoms. The number of aromatic nitrogens is 1. The molecule has 0 saturated heterocycles. The van der Waals surface area contributed by atoms with Crippen molar-refractivity contribution in [3.05, 3.63) is 58.9 Å². The Balaban J connectivity index is 2.24. The number of nitrogens with zero attached hydrogens (tertiary/aromatic N) is 1. The minimum atomic E-state index is -0.320. The number of aryl methyl sites for hydroxylation is 1. The highest BCUT2D eigenvalue weighted by molar-refractivity contribution is 6.04. The summed E-state index contributed by atoms with van der Waals surface area (Å²) in [5, 5.41) is 5.82. The molecule has 5 nitrogen and oxygen atoms in total. The van der Waals surface area contributed by atoms with E-state index in [4.69, 9.17) is 0 Å². The van der Waals surface area contributed by atoms with Crippen LogP contribution in [0.2, 0.25) is 0 Å². The van der Waals surface area contributed by atoms with Crippen LogP contribution < -0.4 is 10.6 Å². The standard InChI is InChI=1S/C21H27N3O2/c1-6-15(5)22-20(25)17-11-8-12-18(23-17)21(26)24-19-14(4)9-7-10-16(19)13(2)3/h7-13,15H,6H2,1-5H3,(H,22,25)(H,24,26). The van der Waals surface area contributed by atoms with E-state index >= 15 is 0 Å². The van der Waals surface area contributed by atoms with Gasteiger partial charge in [-0.3, -0.25) is 9.59 Å². The van der Waals surface area contributed by atoms with Crippen LogP contribution in [0.15, 0.2) is 36.4 Å². The zero-order chi connectivity index (χ0) is 19.3. The molecule has 2 rings (SSSR count). The van der Waals surface area contributed by atoms with Crippen molar-refractivity contribution in [3.63, 3.8) is 0 Å². The average Bonchev–Trinajstić information content (AvgIpc) is 2.62. The molecular weight excluding hydrogens is 326 g/mol. The first kappa shape index (κ1) is 19.6. The molecule has 0 aliphatic carbocycles. The van der Waals surface area contributed by atoms with Gasteiger partial charge in [0.25, 0.3) is 11.8 Å². The lowest BCUT2D eigenvalue weighted by molar-refractivity contribution is 0.0934. The first-order valence-electron chi connectivity index (χ1n) is 9.02. The number of rotatable bonds is 6. The Kier molecular flexibility index (Phi) is 6.50. The van der Waals surface area contributed by atoms with Crippen LogP contribution >= 0.6 is 0 Å². The van der Waals surface area contributed by atoms with Gasteiger partial charge in [-0.1, -0.05) is 45.0 Å². The van der Waals surface area contributed by atoms with Crippen LogP contribution in [-0.4, -0.2) is 22.8 Å². The summed E-state index contributed by atoms with van der Waals surface area (Å²) in [6, 6.07) is 10.9. The molecular formula is C21H27N3O2. The molecule has 0 aliphatic heterocycles. The molecule has 0 spiro atoms. The summed E-state index contributed by atoms with van der Waals surface area (Å²) in [7, 11) is 0. The fourth-order valence-corrected chi connectivity index (χ4v) is 2.61. The molecule has 1 atom stereocenters. The molecule has 26 heavy (non-hydrogen) atoms. The Hall–Kier alpha value is -2.69. The molecule has 5 heteroatoms. The lowest BCUT2D eigenvalue weighted by Crippen LogP contribution is -2.32. The summed E-state index contributed by atoms with van der Waals surface area (Å²) in [6.45, 7) is 10.1. The van der Waals surface area contributed by atoms with Crippen LogP contribution in [0.25, 0.3) is 0 Å². The molecule has 0 saturated carbocycles. The maximum absolute atomic E-state index is 12.7. The zero-order valence-electron chi connectivity index (χ0n) is 16.1. The molecule has 2 amide bonds. The third kappa shape index (κ3) is 4.69. The zero-order valence-corrected chi connectivity index (χ0v) is 16.1. The third-order valence-corrected chi connectivity index (χ3v) is 4.37. The van der Waals surface area contributed by atoms with E-state index < -0.39 is 0 Å². The number of benzene rings is 1. The summed E-state index contributed by atoms with van der Waals surface area (Å²) >= 11 is 0. The second kappa shape index (κ2) is 8.61. The van der Waals surface area contributed by atoms with E-state index in [1.165, 1.54) is 0 Å². The number of amides is 2. The van der Waals surface area contributed by atoms with E-state index in [0.29, 0.717) is 0 Å². The highest BCUT2D eigenvalue weighted by atomic mass is 16.2. The van der Waals surface area contributed by atoms with E-state index in [9.17, 15) is 9.59 Å². The molecule has 1 aromatic carbocycles. The summed E-state index contributed by atoms with van der Waals surface area (Å²) in [4.78, 5) is 29.2. The topological polar surface area (TPSA) is 71.1 Å². The maximum atomic E-state index is 12.7. The highest BCUT2D eigenvalue weighted by Crippen LogP contribution is 2.27. The Labute approximate surface area is 155 Å². The summed E-state index contributed by atoms with van der Waals surface area (Å²) in [5.74, 6) is -0.307. The van der Waals surface area contributed by atoms with Gasteiger partial charge >= 0.3 is 0 Å². The van der Waals surface area contributed by atoms with Crippen LogP contribution in [0.3, 0.4) is 0 Å². The predicted molar refractivity (Wildman–Crippen MR) is 105 cm³/mol. The second-order valence-electron chi connectivity index (χ2n) is 6.84. The Morgan fingerprint density at radius 1 is 1.00 bits per heavy atom. The SMILES string of the molecule is CCC(C)NC(=O)c1cccc(C(=O)Nc2c(C)cccc2C(C)C)n1. The van der Waals surface area contributed by atoms with Gasteiger partial charge in [-0.25, -0.2) is 4.98 Å². The minimum absolute atomic E-state index is 0.0577. The number of carbonyl (C=O) groups excluding carboxylic acids is 2. The van der Waals surface area contributed by atoms with Crippen LogP contribution in [0, 0.1) is 6.92 Å². The van der Waals surface area contributed by atoms with Gasteiger partial charge < -0.3 is 10.6 Å². The maximum Gasteiger partial charge on any atom is 0.274 e. The molecule has 138 valence electrons. The number of pyridine rings is 1. The van der Waals surface area contributed by atoms with Gasteiger partial charge in [-0.05, 0) is 49.4 Å². The molecule has 2 aromatic rings. The lowest BCUT2D eigenvalue weighted by atomic mass is 9.98. The van der Waals surface area contributed by atoms with Crippen LogP contribution in [0.5, 0.6) is 0 Å². The van der Waals surface area contributed by atoms with Crippen LogP contribution in [0.1, 0.15) is 72.1 Å². The summed E-state index contributed by atoms with van der Waals surface area (Å²) in [5.41, 5.74) is 3.34. The summed E-state index contributed by atoms with van der Waals surface area (Å²) in [6.07, 6.45) is 0.831. The van der Waals surface area contributed by atoms with E-state index in [1.54, 1.807) is 18.2 Å². The fraction of sp³-hybridized carbons (Fsp3) is 0.381. The normalized spacial score (nSPS) is 11.9. The minimum Gasteiger partial charge on any atom is -0.348 e. The predicted octanol–water partition coefficient (Wildman–Crippen LogP) is 4.29. The quantitative estimate of drug-likeness (QED) is 0.813. The van der Waals surface area contributed by atoms with Crippen molar-refractivity contribution >= 4 is 17.5 Å². The number of hydrogen-bond donors (Lipinski definition) is 2. The van der Waals surface area contributed by atoms with Crippen molar-refractivity contribution in [1.29, 1.82) is 0 Å². The van der Waals surface area contributed by atoms with Crippen LogP contribution in [0.4, 0.5) is 5.69 Å². The molecule has 1 unspecified atom stereocenters.